The second-order valence-corrected chi connectivity index (χ2v) is 8.71. The Hall–Kier alpha value is -0.830. The highest BCUT2D eigenvalue weighted by molar-refractivity contribution is 9.10. The number of carbonyl (C=O) groups is 1. The lowest BCUT2D eigenvalue weighted by Crippen LogP contribution is -2.34. The van der Waals surface area contributed by atoms with E-state index in [1.54, 1.807) is 0 Å². The van der Waals surface area contributed by atoms with E-state index in [1.165, 1.54) is 43.2 Å². The van der Waals surface area contributed by atoms with Crippen molar-refractivity contribution < 1.29 is 4.79 Å². The van der Waals surface area contributed by atoms with E-state index in [4.69, 9.17) is 0 Å². The first-order valence-corrected chi connectivity index (χ1v) is 10.0. The van der Waals surface area contributed by atoms with Crippen molar-refractivity contribution in [2.45, 2.75) is 57.9 Å². The Bertz CT molecular complexity index is 606. The van der Waals surface area contributed by atoms with Crippen LogP contribution < -0.4 is 0 Å². The van der Waals surface area contributed by atoms with E-state index in [2.05, 4.69) is 46.0 Å². The average Bonchev–Trinajstić information content (AvgIpc) is 3.04. The summed E-state index contributed by atoms with van der Waals surface area (Å²) in [5.74, 6) is 2.55. The highest BCUT2D eigenvalue weighted by atomic mass is 79.9. The highest BCUT2D eigenvalue weighted by Crippen LogP contribution is 2.48. The molecule has 1 heterocycles. The van der Waals surface area contributed by atoms with Gasteiger partial charge in [-0.3, -0.25) is 4.79 Å². The van der Waals surface area contributed by atoms with Gasteiger partial charge in [0.1, 0.15) is 0 Å². The molecule has 1 aromatic carbocycles. The third-order valence-corrected chi connectivity index (χ3v) is 6.94. The molecule has 1 aromatic rings. The molecule has 2 unspecified atom stereocenters. The lowest BCUT2D eigenvalue weighted by molar-refractivity contribution is -0.129. The van der Waals surface area contributed by atoms with E-state index < -0.39 is 0 Å². The molecule has 1 saturated heterocycles. The third-order valence-electron chi connectivity index (χ3n) is 6.45. The van der Waals surface area contributed by atoms with Crippen LogP contribution in [-0.2, 0) is 11.2 Å². The lowest BCUT2D eigenvalue weighted by Gasteiger charge is -2.33. The van der Waals surface area contributed by atoms with Crippen LogP contribution in [0.15, 0.2) is 22.7 Å². The van der Waals surface area contributed by atoms with E-state index in [1.807, 2.05) is 0 Å². The Kier molecular flexibility index (Phi) is 4.25. The summed E-state index contributed by atoms with van der Waals surface area (Å²) in [6.45, 7) is 3.30. The Morgan fingerprint density at radius 1 is 1.13 bits per heavy atom. The Morgan fingerprint density at radius 3 is 2.61 bits per heavy atom. The van der Waals surface area contributed by atoms with Crippen LogP contribution in [0.5, 0.6) is 0 Å². The fraction of sp³-hybridized carbons (Fsp3) is 0.650. The highest BCUT2D eigenvalue weighted by Gasteiger charge is 2.46. The van der Waals surface area contributed by atoms with Gasteiger partial charge in [-0.05, 0) is 60.3 Å². The van der Waals surface area contributed by atoms with E-state index in [-0.39, 0.29) is 0 Å². The molecular formula is C20H26BrNO. The molecule has 23 heavy (non-hydrogen) atoms. The summed E-state index contributed by atoms with van der Waals surface area (Å²) >= 11 is 3.61. The van der Waals surface area contributed by atoms with Crippen LogP contribution >= 0.6 is 15.9 Å². The molecule has 3 heteroatoms. The van der Waals surface area contributed by atoms with Gasteiger partial charge in [0.2, 0.25) is 5.91 Å². The molecule has 2 nitrogen and oxygen atoms in total. The van der Waals surface area contributed by atoms with Crippen LogP contribution in [0.1, 0.15) is 62.6 Å². The van der Waals surface area contributed by atoms with Crippen molar-refractivity contribution in [1.82, 2.24) is 4.90 Å². The summed E-state index contributed by atoms with van der Waals surface area (Å²) in [7, 11) is 0. The monoisotopic (exact) mass is 375 g/mol. The summed E-state index contributed by atoms with van der Waals surface area (Å²) in [4.78, 5) is 14.8. The van der Waals surface area contributed by atoms with Gasteiger partial charge in [-0.1, -0.05) is 48.2 Å². The number of fused-ring (bicyclic) bond motifs is 3. The molecule has 0 aromatic heterocycles. The van der Waals surface area contributed by atoms with Gasteiger partial charge in [-0.15, -0.1) is 0 Å². The summed E-state index contributed by atoms with van der Waals surface area (Å²) < 4.78 is 1.14. The zero-order chi connectivity index (χ0) is 16.0. The van der Waals surface area contributed by atoms with Crippen molar-refractivity contribution >= 4 is 21.8 Å². The summed E-state index contributed by atoms with van der Waals surface area (Å²) in [6, 6.07) is 6.98. The fourth-order valence-corrected chi connectivity index (χ4v) is 5.47. The van der Waals surface area contributed by atoms with Gasteiger partial charge >= 0.3 is 0 Å². The molecule has 2 fully saturated rings. The quantitative estimate of drug-likeness (QED) is 0.718. The predicted molar refractivity (Wildman–Crippen MR) is 96.1 cm³/mol. The summed E-state index contributed by atoms with van der Waals surface area (Å²) in [5.41, 5.74) is 2.85. The van der Waals surface area contributed by atoms with Crippen molar-refractivity contribution in [3.05, 3.63) is 33.8 Å². The fourth-order valence-electron chi connectivity index (χ4n) is 5.09. The molecule has 1 aliphatic heterocycles. The number of amides is 1. The minimum atomic E-state index is 0.346. The van der Waals surface area contributed by atoms with Gasteiger partial charge in [-0.25, -0.2) is 0 Å². The van der Waals surface area contributed by atoms with Crippen molar-refractivity contribution in [2.24, 2.45) is 17.8 Å². The van der Waals surface area contributed by atoms with Gasteiger partial charge in [-0.2, -0.15) is 0 Å². The second-order valence-electron chi connectivity index (χ2n) is 7.80. The first-order chi connectivity index (χ1) is 11.2. The van der Waals surface area contributed by atoms with Gasteiger partial charge < -0.3 is 4.90 Å². The van der Waals surface area contributed by atoms with E-state index in [9.17, 15) is 4.79 Å². The minimum Gasteiger partial charge on any atom is -0.335 e. The van der Waals surface area contributed by atoms with Crippen molar-refractivity contribution in [3.63, 3.8) is 0 Å². The second kappa shape index (κ2) is 6.23. The van der Waals surface area contributed by atoms with Gasteiger partial charge in [0, 0.05) is 17.4 Å². The van der Waals surface area contributed by atoms with Crippen LogP contribution in [0.3, 0.4) is 0 Å². The topological polar surface area (TPSA) is 20.3 Å². The third kappa shape index (κ3) is 2.86. The van der Waals surface area contributed by atoms with E-state index in [0.29, 0.717) is 17.9 Å². The van der Waals surface area contributed by atoms with Gasteiger partial charge in [0.15, 0.2) is 0 Å². The zero-order valence-electron chi connectivity index (χ0n) is 13.9. The number of nitrogens with zero attached hydrogens (tertiary/aromatic N) is 1. The maximum absolute atomic E-state index is 12.6. The molecule has 124 valence electrons. The number of rotatable bonds is 3. The molecule has 2 atom stereocenters. The predicted octanol–water partition coefficient (Wildman–Crippen LogP) is 5.11. The normalized spacial score (nSPS) is 33.0. The van der Waals surface area contributed by atoms with Crippen molar-refractivity contribution in [2.75, 3.05) is 6.54 Å². The number of likely N-dealkylation sites (tertiary alicyclic amines) is 1. The Balaban J connectivity index is 1.51. The van der Waals surface area contributed by atoms with Crippen LogP contribution in [0.25, 0.3) is 0 Å². The maximum Gasteiger partial charge on any atom is 0.223 e. The lowest BCUT2D eigenvalue weighted by atomic mass is 9.80. The first kappa shape index (κ1) is 15.7. The van der Waals surface area contributed by atoms with Crippen LogP contribution in [0.2, 0.25) is 0 Å². The molecule has 2 aliphatic carbocycles. The van der Waals surface area contributed by atoms with E-state index in [0.717, 1.165) is 35.7 Å². The molecule has 0 radical (unpaired) electrons. The molecule has 1 saturated carbocycles. The molecule has 4 rings (SSSR count). The Labute approximate surface area is 147 Å². The van der Waals surface area contributed by atoms with Crippen LogP contribution in [0, 0.1) is 17.8 Å². The number of halogens is 1. The van der Waals surface area contributed by atoms with Crippen LogP contribution in [0.4, 0.5) is 0 Å². The summed E-state index contributed by atoms with van der Waals surface area (Å²) in [5, 5.41) is 0. The standard InChI is InChI=1S/C20H26BrNO/c1-2-13-3-5-14(6-4-13)12-22-19(23)10-16-9-15-7-8-17(21)11-18(15)20(16)22/h7-8,11,13-14,16,20H,2-6,9-10,12H2,1H3. The number of hydrogen-bond acceptors (Lipinski definition) is 1. The Morgan fingerprint density at radius 2 is 1.87 bits per heavy atom. The van der Waals surface area contributed by atoms with Gasteiger partial charge in [0.05, 0.1) is 6.04 Å². The SMILES string of the molecule is CCC1CCC(CN2C(=O)CC3Cc4ccc(Br)cc4C32)CC1. The largest absolute Gasteiger partial charge is 0.335 e. The maximum atomic E-state index is 12.6. The molecule has 1 amide bonds. The first-order valence-electron chi connectivity index (χ1n) is 9.23. The van der Waals surface area contributed by atoms with E-state index >= 15 is 0 Å². The van der Waals surface area contributed by atoms with Crippen molar-refractivity contribution in [1.29, 1.82) is 0 Å². The average molecular weight is 376 g/mol. The molecule has 0 bridgehead atoms. The summed E-state index contributed by atoms with van der Waals surface area (Å²) in [6.07, 6.45) is 8.50. The molecule has 0 spiro atoms. The smallest absolute Gasteiger partial charge is 0.223 e. The minimum absolute atomic E-state index is 0.346. The number of benzene rings is 1. The number of carbonyl (C=O) groups excluding carboxylic acids is 1. The molecule has 0 N–H and O–H groups in total. The molecule has 3 aliphatic rings. The van der Waals surface area contributed by atoms with Crippen LogP contribution in [-0.4, -0.2) is 17.4 Å². The zero-order valence-corrected chi connectivity index (χ0v) is 15.5. The van der Waals surface area contributed by atoms with Gasteiger partial charge in [0.25, 0.3) is 0 Å². The van der Waals surface area contributed by atoms with Crippen molar-refractivity contribution in [3.8, 4) is 0 Å². The number of hydrogen-bond donors (Lipinski definition) is 0. The molecular weight excluding hydrogens is 350 g/mol.